The molecule has 15 heavy (non-hydrogen) atoms. The number of aliphatic hydroxyl groups excluding tert-OH is 1. The fourth-order valence-electron chi connectivity index (χ4n) is 1.61. The van der Waals surface area contributed by atoms with Crippen LogP contribution in [0, 0.1) is 17.2 Å². The molecular formula is C12H11NOS. The lowest BCUT2D eigenvalue weighted by Crippen LogP contribution is -2.06. The molecule has 1 unspecified atom stereocenters. The zero-order valence-electron chi connectivity index (χ0n) is 8.18. The maximum absolute atomic E-state index is 8.98. The zero-order chi connectivity index (χ0) is 10.7. The minimum atomic E-state index is -0.289. The van der Waals surface area contributed by atoms with Crippen molar-refractivity contribution in [3.8, 4) is 6.07 Å². The Morgan fingerprint density at radius 3 is 2.93 bits per heavy atom. The van der Waals surface area contributed by atoms with E-state index in [0.29, 0.717) is 6.42 Å². The summed E-state index contributed by atoms with van der Waals surface area (Å²) >= 11 is 1.69. The molecule has 0 aliphatic rings. The summed E-state index contributed by atoms with van der Waals surface area (Å²) in [5, 5.41) is 21.0. The Morgan fingerprint density at radius 1 is 1.40 bits per heavy atom. The van der Waals surface area contributed by atoms with Crippen molar-refractivity contribution < 1.29 is 5.11 Å². The molecule has 0 saturated carbocycles. The van der Waals surface area contributed by atoms with Crippen LogP contribution in [0.5, 0.6) is 0 Å². The predicted molar refractivity (Wildman–Crippen MR) is 61.7 cm³/mol. The molecule has 1 heterocycles. The molecule has 0 spiro atoms. The normalized spacial score (nSPS) is 12.5. The summed E-state index contributed by atoms with van der Waals surface area (Å²) < 4.78 is 1.24. The van der Waals surface area contributed by atoms with E-state index in [1.54, 1.807) is 11.3 Å². The van der Waals surface area contributed by atoms with Gasteiger partial charge in [-0.05, 0) is 28.8 Å². The lowest BCUT2D eigenvalue weighted by molar-refractivity contribution is 0.256. The van der Waals surface area contributed by atoms with Gasteiger partial charge in [-0.1, -0.05) is 18.2 Å². The quantitative estimate of drug-likeness (QED) is 0.858. The highest BCUT2D eigenvalue weighted by Crippen LogP contribution is 2.27. The van der Waals surface area contributed by atoms with Crippen molar-refractivity contribution in [1.29, 1.82) is 5.26 Å². The zero-order valence-corrected chi connectivity index (χ0v) is 9.00. The third-order valence-electron chi connectivity index (χ3n) is 2.43. The van der Waals surface area contributed by atoms with E-state index in [4.69, 9.17) is 10.4 Å². The Kier molecular flexibility index (Phi) is 3.00. The van der Waals surface area contributed by atoms with E-state index < -0.39 is 0 Å². The van der Waals surface area contributed by atoms with Gasteiger partial charge in [-0.2, -0.15) is 5.26 Å². The van der Waals surface area contributed by atoms with Gasteiger partial charge in [0.05, 0.1) is 18.6 Å². The highest BCUT2D eigenvalue weighted by molar-refractivity contribution is 7.17. The van der Waals surface area contributed by atoms with E-state index in [1.807, 2.05) is 12.1 Å². The van der Waals surface area contributed by atoms with Gasteiger partial charge in [-0.25, -0.2) is 0 Å². The fraction of sp³-hybridized carbons (Fsp3) is 0.250. The summed E-state index contributed by atoms with van der Waals surface area (Å²) in [4.78, 5) is 0. The van der Waals surface area contributed by atoms with Crippen molar-refractivity contribution in [3.05, 3.63) is 35.2 Å². The summed E-state index contributed by atoms with van der Waals surface area (Å²) in [6.07, 6.45) is 0.636. The lowest BCUT2D eigenvalue weighted by atomic mass is 10.0. The van der Waals surface area contributed by atoms with Crippen LogP contribution < -0.4 is 0 Å². The van der Waals surface area contributed by atoms with Crippen LogP contribution >= 0.6 is 11.3 Å². The molecule has 0 fully saturated rings. The molecule has 2 rings (SSSR count). The number of nitriles is 1. The summed E-state index contributed by atoms with van der Waals surface area (Å²) in [7, 11) is 0. The smallest absolute Gasteiger partial charge is 0.0735 e. The van der Waals surface area contributed by atoms with Crippen molar-refractivity contribution >= 4 is 21.4 Å². The molecule has 0 saturated heterocycles. The van der Waals surface area contributed by atoms with E-state index in [2.05, 4.69) is 23.6 Å². The van der Waals surface area contributed by atoms with Crippen molar-refractivity contribution in [3.63, 3.8) is 0 Å². The van der Waals surface area contributed by atoms with Crippen LogP contribution in [0.2, 0.25) is 0 Å². The van der Waals surface area contributed by atoms with Gasteiger partial charge < -0.3 is 5.11 Å². The molecule has 0 amide bonds. The van der Waals surface area contributed by atoms with Crippen molar-refractivity contribution in [2.24, 2.45) is 5.92 Å². The molecule has 1 aromatic heterocycles. The highest BCUT2D eigenvalue weighted by atomic mass is 32.1. The second-order valence-corrected chi connectivity index (χ2v) is 4.38. The number of fused-ring (bicyclic) bond motifs is 1. The van der Waals surface area contributed by atoms with E-state index in [9.17, 15) is 0 Å². The fourth-order valence-corrected chi connectivity index (χ4v) is 2.58. The van der Waals surface area contributed by atoms with Crippen molar-refractivity contribution in [2.75, 3.05) is 6.61 Å². The second-order valence-electron chi connectivity index (χ2n) is 3.47. The first kappa shape index (κ1) is 10.2. The largest absolute Gasteiger partial charge is 0.395 e. The number of hydrogen-bond donors (Lipinski definition) is 1. The molecule has 1 N–H and O–H groups in total. The Hall–Kier alpha value is -1.37. The number of hydrogen-bond acceptors (Lipinski definition) is 3. The summed E-state index contributed by atoms with van der Waals surface area (Å²) in [5.74, 6) is -0.289. The predicted octanol–water partition coefficient (Wildman–Crippen LogP) is 2.58. The van der Waals surface area contributed by atoms with Gasteiger partial charge in [0.1, 0.15) is 0 Å². The molecule has 2 aromatic rings. The molecular weight excluding hydrogens is 206 g/mol. The third-order valence-corrected chi connectivity index (χ3v) is 3.44. The van der Waals surface area contributed by atoms with Gasteiger partial charge in [0.15, 0.2) is 0 Å². The third kappa shape index (κ3) is 2.01. The number of rotatable bonds is 3. The summed E-state index contributed by atoms with van der Waals surface area (Å²) in [5.41, 5.74) is 1.16. The van der Waals surface area contributed by atoms with Crippen LogP contribution in [0.15, 0.2) is 29.6 Å². The van der Waals surface area contributed by atoms with E-state index in [1.165, 1.54) is 10.1 Å². The molecule has 1 aromatic carbocycles. The maximum atomic E-state index is 8.98. The molecule has 2 nitrogen and oxygen atoms in total. The Bertz CT molecular complexity index is 498. The second kappa shape index (κ2) is 4.43. The topological polar surface area (TPSA) is 44.0 Å². The van der Waals surface area contributed by atoms with Crippen molar-refractivity contribution in [2.45, 2.75) is 6.42 Å². The van der Waals surface area contributed by atoms with Crippen LogP contribution in [0.3, 0.4) is 0 Å². The van der Waals surface area contributed by atoms with Crippen LogP contribution in [0.25, 0.3) is 10.1 Å². The van der Waals surface area contributed by atoms with Gasteiger partial charge in [-0.3, -0.25) is 0 Å². The van der Waals surface area contributed by atoms with Crippen LogP contribution in [0.4, 0.5) is 0 Å². The van der Waals surface area contributed by atoms with E-state index in [0.717, 1.165) is 5.56 Å². The molecule has 0 aliphatic heterocycles. The van der Waals surface area contributed by atoms with E-state index >= 15 is 0 Å². The van der Waals surface area contributed by atoms with Crippen molar-refractivity contribution in [1.82, 2.24) is 0 Å². The lowest BCUT2D eigenvalue weighted by Gasteiger charge is -2.03. The van der Waals surface area contributed by atoms with Gasteiger partial charge in [0.2, 0.25) is 0 Å². The molecule has 76 valence electrons. The molecule has 3 heteroatoms. The molecule has 0 bridgehead atoms. The first-order valence-electron chi connectivity index (χ1n) is 4.80. The van der Waals surface area contributed by atoms with Gasteiger partial charge >= 0.3 is 0 Å². The molecule has 0 radical (unpaired) electrons. The molecule has 1 atom stereocenters. The SMILES string of the molecule is N#CC(CO)Cc1csc2ccccc12. The van der Waals surface area contributed by atoms with Gasteiger partial charge in [-0.15, -0.1) is 11.3 Å². The summed E-state index contributed by atoms with van der Waals surface area (Å²) in [6, 6.07) is 10.3. The van der Waals surface area contributed by atoms with E-state index in [-0.39, 0.29) is 12.5 Å². The first-order valence-corrected chi connectivity index (χ1v) is 5.68. The average molecular weight is 217 g/mol. The maximum Gasteiger partial charge on any atom is 0.0735 e. The van der Waals surface area contributed by atoms with Crippen LogP contribution in [-0.2, 0) is 6.42 Å². The number of nitrogens with zero attached hydrogens (tertiary/aromatic N) is 1. The Labute approximate surface area is 92.4 Å². The highest BCUT2D eigenvalue weighted by Gasteiger charge is 2.10. The number of benzene rings is 1. The van der Waals surface area contributed by atoms with Gasteiger partial charge in [0.25, 0.3) is 0 Å². The number of thiophene rings is 1. The standard InChI is InChI=1S/C12H11NOS/c13-6-9(7-14)5-10-8-15-12-4-2-1-3-11(10)12/h1-4,8-9,14H,5,7H2. The van der Waals surface area contributed by atoms with Crippen LogP contribution in [-0.4, -0.2) is 11.7 Å². The minimum absolute atomic E-state index is 0.0688. The van der Waals surface area contributed by atoms with Gasteiger partial charge in [0, 0.05) is 4.70 Å². The summed E-state index contributed by atoms with van der Waals surface area (Å²) in [6.45, 7) is -0.0688. The molecule has 0 aliphatic carbocycles. The number of aliphatic hydroxyl groups is 1. The minimum Gasteiger partial charge on any atom is -0.395 e. The Morgan fingerprint density at radius 2 is 2.20 bits per heavy atom. The monoisotopic (exact) mass is 217 g/mol. The first-order chi connectivity index (χ1) is 7.35. The van der Waals surface area contributed by atoms with Crippen LogP contribution in [0.1, 0.15) is 5.56 Å². The average Bonchev–Trinajstić information content (AvgIpc) is 2.69. The Balaban J connectivity index is 2.33.